The summed E-state index contributed by atoms with van der Waals surface area (Å²) >= 11 is 11.6. The zero-order chi connectivity index (χ0) is 16.0. The van der Waals surface area contributed by atoms with Gasteiger partial charge in [0.05, 0.1) is 10.7 Å². The largest absolute Gasteiger partial charge is 0.406 e. The lowest BCUT2D eigenvalue weighted by atomic mass is 10.3. The van der Waals surface area contributed by atoms with E-state index in [1.165, 1.54) is 18.2 Å². The van der Waals surface area contributed by atoms with Crippen LogP contribution in [-0.2, 0) is 0 Å². The number of aliphatic hydroxyl groups is 1. The van der Waals surface area contributed by atoms with Gasteiger partial charge in [0.25, 0.3) is 0 Å². The molecule has 0 aliphatic rings. The Bertz CT molecular complexity index is 498. The summed E-state index contributed by atoms with van der Waals surface area (Å²) in [6.07, 6.45) is -4.50. The Balaban J connectivity index is 2.82. The van der Waals surface area contributed by atoms with Crippen LogP contribution in [0.5, 0.6) is 0 Å². The van der Waals surface area contributed by atoms with E-state index >= 15 is 0 Å². The van der Waals surface area contributed by atoms with Crippen LogP contribution in [0.4, 0.5) is 23.7 Å². The first-order chi connectivity index (χ1) is 9.73. The number of alkyl halides is 3. The van der Waals surface area contributed by atoms with Crippen LogP contribution in [0, 0.1) is 0 Å². The first-order valence-corrected chi connectivity index (χ1v) is 6.67. The highest BCUT2D eigenvalue weighted by Gasteiger charge is 2.33. The van der Waals surface area contributed by atoms with Crippen molar-refractivity contribution in [3.8, 4) is 0 Å². The van der Waals surface area contributed by atoms with Crippen molar-refractivity contribution in [2.24, 2.45) is 0 Å². The first kappa shape index (κ1) is 17.9. The predicted molar refractivity (Wildman–Crippen MR) is 74.8 cm³/mol. The van der Waals surface area contributed by atoms with E-state index in [4.69, 9.17) is 28.3 Å². The van der Waals surface area contributed by atoms with Gasteiger partial charge in [-0.1, -0.05) is 23.2 Å². The van der Waals surface area contributed by atoms with E-state index < -0.39 is 18.8 Å². The molecule has 118 valence electrons. The Morgan fingerprint density at radius 3 is 2.57 bits per heavy atom. The summed E-state index contributed by atoms with van der Waals surface area (Å²) in [6.45, 7) is -1.98. The fourth-order valence-corrected chi connectivity index (χ4v) is 1.85. The SMILES string of the molecule is O=C(Nc1cc(Cl)ccc1Cl)N(CCCO)CC(F)(F)F. The van der Waals surface area contributed by atoms with Crippen molar-refractivity contribution in [3.63, 3.8) is 0 Å². The van der Waals surface area contributed by atoms with Gasteiger partial charge in [0.1, 0.15) is 6.54 Å². The van der Waals surface area contributed by atoms with E-state index in [1.54, 1.807) is 0 Å². The van der Waals surface area contributed by atoms with Gasteiger partial charge in [-0.25, -0.2) is 4.79 Å². The van der Waals surface area contributed by atoms with E-state index in [0.29, 0.717) is 4.90 Å². The summed E-state index contributed by atoms with van der Waals surface area (Å²) < 4.78 is 37.3. The molecular weight excluding hydrogens is 332 g/mol. The number of aliphatic hydroxyl groups excluding tert-OH is 1. The minimum absolute atomic E-state index is 0.0345. The highest BCUT2D eigenvalue weighted by molar-refractivity contribution is 6.35. The highest BCUT2D eigenvalue weighted by atomic mass is 35.5. The molecule has 0 fully saturated rings. The summed E-state index contributed by atoms with van der Waals surface area (Å²) in [4.78, 5) is 12.4. The molecule has 4 nitrogen and oxygen atoms in total. The highest BCUT2D eigenvalue weighted by Crippen LogP contribution is 2.26. The number of carbonyl (C=O) groups is 1. The molecule has 9 heteroatoms. The van der Waals surface area contributed by atoms with E-state index in [9.17, 15) is 18.0 Å². The van der Waals surface area contributed by atoms with Gasteiger partial charge in [0.15, 0.2) is 0 Å². The number of nitrogens with zero attached hydrogens (tertiary/aromatic N) is 1. The molecule has 2 amide bonds. The number of anilines is 1. The van der Waals surface area contributed by atoms with Crippen molar-refractivity contribution in [2.45, 2.75) is 12.6 Å². The van der Waals surface area contributed by atoms with Crippen molar-refractivity contribution in [3.05, 3.63) is 28.2 Å². The Morgan fingerprint density at radius 2 is 2.00 bits per heavy atom. The standard InChI is InChI=1S/C12H13Cl2F3N2O2/c13-8-2-3-9(14)10(6-8)18-11(21)19(4-1-5-20)7-12(15,16)17/h2-3,6,20H,1,4-5,7H2,(H,18,21). The minimum atomic E-state index is -4.54. The van der Waals surface area contributed by atoms with Gasteiger partial charge >= 0.3 is 12.2 Å². The molecule has 0 unspecified atom stereocenters. The van der Waals surface area contributed by atoms with Crippen LogP contribution in [0.2, 0.25) is 10.0 Å². The van der Waals surface area contributed by atoms with E-state index in [2.05, 4.69) is 5.32 Å². The molecule has 1 aromatic carbocycles. The van der Waals surface area contributed by atoms with Crippen molar-refractivity contribution in [1.82, 2.24) is 4.90 Å². The number of hydrogen-bond acceptors (Lipinski definition) is 2. The maximum absolute atomic E-state index is 12.4. The Morgan fingerprint density at radius 1 is 1.33 bits per heavy atom. The lowest BCUT2D eigenvalue weighted by Crippen LogP contribution is -2.42. The van der Waals surface area contributed by atoms with Gasteiger partial charge in [-0.05, 0) is 24.6 Å². The molecule has 0 bridgehead atoms. The average Bonchev–Trinajstić information content (AvgIpc) is 2.37. The van der Waals surface area contributed by atoms with E-state index in [1.807, 2.05) is 0 Å². The average molecular weight is 345 g/mol. The molecule has 0 spiro atoms. The number of benzene rings is 1. The van der Waals surface area contributed by atoms with Crippen molar-refractivity contribution in [2.75, 3.05) is 25.0 Å². The molecule has 0 aliphatic heterocycles. The summed E-state index contributed by atoms with van der Waals surface area (Å²) in [5.41, 5.74) is 0.116. The number of hydrogen-bond donors (Lipinski definition) is 2. The quantitative estimate of drug-likeness (QED) is 0.854. The summed E-state index contributed by atoms with van der Waals surface area (Å²) in [7, 11) is 0. The normalized spacial score (nSPS) is 11.3. The van der Waals surface area contributed by atoms with Gasteiger partial charge in [-0.3, -0.25) is 0 Å². The van der Waals surface area contributed by atoms with Crippen LogP contribution in [-0.4, -0.2) is 41.9 Å². The summed E-state index contributed by atoms with van der Waals surface area (Å²) in [5, 5.41) is 11.4. The third-order valence-corrected chi connectivity index (χ3v) is 2.98. The second-order valence-electron chi connectivity index (χ2n) is 4.17. The molecule has 2 N–H and O–H groups in total. The van der Waals surface area contributed by atoms with Crippen LogP contribution < -0.4 is 5.32 Å². The number of nitrogens with one attached hydrogen (secondary N) is 1. The number of halogens is 5. The molecule has 0 heterocycles. The number of carbonyl (C=O) groups excluding carboxylic acids is 1. The predicted octanol–water partition coefficient (Wildman–Crippen LogP) is 3.77. The fraction of sp³-hybridized carbons (Fsp3) is 0.417. The van der Waals surface area contributed by atoms with Crippen LogP contribution in [0.25, 0.3) is 0 Å². The smallest absolute Gasteiger partial charge is 0.396 e. The molecule has 1 rings (SSSR count). The second-order valence-corrected chi connectivity index (χ2v) is 5.01. The maximum atomic E-state index is 12.4. The van der Waals surface area contributed by atoms with Gasteiger partial charge in [-0.15, -0.1) is 0 Å². The number of rotatable bonds is 5. The molecule has 0 saturated carbocycles. The van der Waals surface area contributed by atoms with Gasteiger partial charge in [0.2, 0.25) is 0 Å². The van der Waals surface area contributed by atoms with Crippen LogP contribution >= 0.6 is 23.2 Å². The van der Waals surface area contributed by atoms with Crippen LogP contribution in [0.15, 0.2) is 18.2 Å². The van der Waals surface area contributed by atoms with Gasteiger partial charge < -0.3 is 15.3 Å². The zero-order valence-corrected chi connectivity index (χ0v) is 12.3. The van der Waals surface area contributed by atoms with E-state index in [0.717, 1.165) is 0 Å². The van der Waals surface area contributed by atoms with Gasteiger partial charge in [0, 0.05) is 18.2 Å². The van der Waals surface area contributed by atoms with Crippen molar-refractivity contribution < 1.29 is 23.1 Å². The molecule has 0 aromatic heterocycles. The maximum Gasteiger partial charge on any atom is 0.406 e. The molecule has 0 aliphatic carbocycles. The number of urea groups is 1. The molecule has 0 radical (unpaired) electrons. The minimum Gasteiger partial charge on any atom is -0.396 e. The topological polar surface area (TPSA) is 52.6 Å². The Labute approximate surface area is 129 Å². The van der Waals surface area contributed by atoms with Crippen molar-refractivity contribution in [1.29, 1.82) is 0 Å². The monoisotopic (exact) mass is 344 g/mol. The van der Waals surface area contributed by atoms with Gasteiger partial charge in [-0.2, -0.15) is 13.2 Å². The van der Waals surface area contributed by atoms with Crippen LogP contribution in [0.3, 0.4) is 0 Å². The Kier molecular flexibility index (Phi) is 6.57. The fourth-order valence-electron chi connectivity index (χ4n) is 1.52. The lowest BCUT2D eigenvalue weighted by molar-refractivity contribution is -0.139. The van der Waals surface area contributed by atoms with E-state index in [-0.39, 0.29) is 35.3 Å². The summed E-state index contributed by atoms with van der Waals surface area (Å²) in [6, 6.07) is 3.27. The molecule has 0 atom stereocenters. The third kappa shape index (κ3) is 6.41. The number of amides is 2. The van der Waals surface area contributed by atoms with Crippen LogP contribution in [0.1, 0.15) is 6.42 Å². The second kappa shape index (κ2) is 7.72. The lowest BCUT2D eigenvalue weighted by Gasteiger charge is -2.24. The van der Waals surface area contributed by atoms with Crippen molar-refractivity contribution >= 4 is 34.9 Å². The molecule has 21 heavy (non-hydrogen) atoms. The zero-order valence-electron chi connectivity index (χ0n) is 10.8. The molecule has 1 aromatic rings. The first-order valence-electron chi connectivity index (χ1n) is 5.91. The molecular formula is C12H13Cl2F3N2O2. The Hall–Kier alpha value is -1.18. The third-order valence-electron chi connectivity index (χ3n) is 2.41. The molecule has 0 saturated heterocycles. The summed E-state index contributed by atoms with van der Waals surface area (Å²) in [5.74, 6) is 0.